The Kier molecular flexibility index (Phi) is 5.56. The van der Waals surface area contributed by atoms with Crippen LogP contribution in [0, 0.1) is 5.92 Å². The number of ether oxygens (including phenoxy) is 1. The van der Waals surface area contributed by atoms with E-state index in [1.54, 1.807) is 31.9 Å². The summed E-state index contributed by atoms with van der Waals surface area (Å²) in [6, 6.07) is 6.96. The van der Waals surface area contributed by atoms with Gasteiger partial charge in [0.05, 0.1) is 6.04 Å². The lowest BCUT2D eigenvalue weighted by Gasteiger charge is -2.33. The number of aromatic amines is 1. The molecule has 0 spiro atoms. The monoisotopic (exact) mass is 371 g/mol. The molecule has 1 aliphatic heterocycles. The quantitative estimate of drug-likeness (QED) is 0.638. The van der Waals surface area contributed by atoms with Gasteiger partial charge in [0.25, 0.3) is 0 Å². The first-order chi connectivity index (χ1) is 12.8. The summed E-state index contributed by atoms with van der Waals surface area (Å²) in [5.41, 5.74) is 7.51. The average Bonchev–Trinajstić information content (AvgIpc) is 3.05. The Labute approximate surface area is 160 Å². The van der Waals surface area contributed by atoms with Crippen molar-refractivity contribution in [3.05, 3.63) is 36.0 Å². The molecule has 0 radical (unpaired) electrons. The van der Waals surface area contributed by atoms with Crippen LogP contribution >= 0.6 is 0 Å². The number of nitrogens with zero attached hydrogens (tertiary/aromatic N) is 1. The smallest absolute Gasteiger partial charge is 0.320 e. The number of amides is 1. The minimum atomic E-state index is -1.05. The number of nitrogens with one attached hydrogen (secondary N) is 1. The van der Waals surface area contributed by atoms with Crippen LogP contribution < -0.4 is 5.73 Å². The molecule has 2 heterocycles. The number of aromatic nitrogens is 1. The highest BCUT2D eigenvalue weighted by atomic mass is 16.6. The Bertz CT molecular complexity index is 815. The summed E-state index contributed by atoms with van der Waals surface area (Å²) in [6.07, 6.45) is 4.80. The number of fused-ring (bicyclic) bond motifs is 1. The summed E-state index contributed by atoms with van der Waals surface area (Å²) in [4.78, 5) is 31.1. The molecule has 3 N–H and O–H groups in total. The third-order valence-electron chi connectivity index (χ3n) is 4.93. The van der Waals surface area contributed by atoms with Gasteiger partial charge in [-0.1, -0.05) is 18.2 Å². The molecule has 2 aromatic rings. The summed E-state index contributed by atoms with van der Waals surface area (Å²) in [6.45, 7) is 6.72. The van der Waals surface area contributed by atoms with Crippen LogP contribution in [0.4, 0.5) is 0 Å². The molecule has 2 unspecified atom stereocenters. The molecule has 1 fully saturated rings. The second kappa shape index (κ2) is 7.72. The van der Waals surface area contributed by atoms with E-state index in [2.05, 4.69) is 4.98 Å². The first-order valence-electron chi connectivity index (χ1n) is 9.61. The van der Waals surface area contributed by atoms with Gasteiger partial charge < -0.3 is 20.4 Å². The van der Waals surface area contributed by atoms with Crippen LogP contribution in [-0.2, 0) is 14.3 Å². The van der Waals surface area contributed by atoms with E-state index in [1.807, 2.05) is 24.3 Å². The van der Waals surface area contributed by atoms with Crippen LogP contribution in [0.15, 0.2) is 30.5 Å². The van der Waals surface area contributed by atoms with Crippen molar-refractivity contribution in [1.82, 2.24) is 9.88 Å². The Morgan fingerprint density at radius 1 is 1.15 bits per heavy atom. The number of H-pyrrole nitrogens is 1. The van der Waals surface area contributed by atoms with Crippen LogP contribution in [0.25, 0.3) is 10.9 Å². The molecule has 0 saturated carbocycles. The fourth-order valence-electron chi connectivity index (χ4n) is 3.63. The van der Waals surface area contributed by atoms with Crippen molar-refractivity contribution >= 4 is 22.8 Å². The average molecular weight is 371 g/mol. The zero-order valence-electron chi connectivity index (χ0n) is 16.3. The van der Waals surface area contributed by atoms with Gasteiger partial charge in [0.1, 0.15) is 5.60 Å². The lowest BCUT2D eigenvalue weighted by Crippen LogP contribution is -2.47. The third-order valence-corrected chi connectivity index (χ3v) is 4.93. The number of piperidine rings is 1. The van der Waals surface area contributed by atoms with Crippen molar-refractivity contribution in [3.63, 3.8) is 0 Å². The minimum Gasteiger partial charge on any atom is -0.459 e. The van der Waals surface area contributed by atoms with Crippen molar-refractivity contribution in [1.29, 1.82) is 0 Å². The highest BCUT2D eigenvalue weighted by Gasteiger charge is 2.40. The van der Waals surface area contributed by atoms with E-state index < -0.39 is 23.5 Å². The number of nitrogens with two attached hydrogens (primary N) is 1. The number of rotatable bonds is 4. The maximum atomic E-state index is 13.2. The fourth-order valence-corrected chi connectivity index (χ4v) is 3.63. The molecular weight excluding hydrogens is 342 g/mol. The number of likely N-dealkylation sites (tertiary alicyclic amines) is 1. The van der Waals surface area contributed by atoms with Gasteiger partial charge in [0.2, 0.25) is 5.91 Å². The van der Waals surface area contributed by atoms with Gasteiger partial charge in [-0.05, 0) is 51.7 Å². The molecule has 1 aliphatic rings. The highest BCUT2D eigenvalue weighted by Crippen LogP contribution is 2.31. The molecule has 1 aromatic carbocycles. The van der Waals surface area contributed by atoms with Gasteiger partial charge in [-0.15, -0.1) is 0 Å². The number of para-hydroxylation sites is 1. The lowest BCUT2D eigenvalue weighted by molar-refractivity contribution is -0.166. The molecule has 3 rings (SSSR count). The summed E-state index contributed by atoms with van der Waals surface area (Å²) < 4.78 is 5.57. The number of carbonyl (C=O) groups excluding carboxylic acids is 2. The maximum absolute atomic E-state index is 13.2. The second-order valence-corrected chi connectivity index (χ2v) is 8.21. The van der Waals surface area contributed by atoms with E-state index >= 15 is 0 Å². The van der Waals surface area contributed by atoms with Gasteiger partial charge in [-0.2, -0.15) is 0 Å². The molecule has 1 aromatic heterocycles. The third kappa shape index (κ3) is 4.33. The molecule has 2 atom stereocenters. The van der Waals surface area contributed by atoms with E-state index in [4.69, 9.17) is 10.5 Å². The van der Waals surface area contributed by atoms with Crippen LogP contribution in [0.5, 0.6) is 0 Å². The molecule has 27 heavy (non-hydrogen) atoms. The highest BCUT2D eigenvalue weighted by molar-refractivity contribution is 5.99. The van der Waals surface area contributed by atoms with Gasteiger partial charge in [-0.25, -0.2) is 0 Å². The molecular formula is C21H29N3O3. The van der Waals surface area contributed by atoms with E-state index in [1.165, 1.54) is 0 Å². The molecule has 0 aliphatic carbocycles. The number of carbonyl (C=O) groups is 2. The van der Waals surface area contributed by atoms with E-state index in [-0.39, 0.29) is 5.91 Å². The van der Waals surface area contributed by atoms with Crippen LogP contribution in [0.1, 0.15) is 51.6 Å². The van der Waals surface area contributed by atoms with Crippen LogP contribution in [0.2, 0.25) is 0 Å². The van der Waals surface area contributed by atoms with E-state index in [9.17, 15) is 9.59 Å². The predicted octanol–water partition coefficient (Wildman–Crippen LogP) is 3.14. The van der Waals surface area contributed by atoms with Crippen molar-refractivity contribution in [2.45, 2.75) is 51.7 Å². The number of hydrogen-bond donors (Lipinski definition) is 2. The van der Waals surface area contributed by atoms with Gasteiger partial charge in [0, 0.05) is 30.2 Å². The number of esters is 1. The van der Waals surface area contributed by atoms with Crippen molar-refractivity contribution in [3.8, 4) is 0 Å². The van der Waals surface area contributed by atoms with Crippen LogP contribution in [0.3, 0.4) is 0 Å². The van der Waals surface area contributed by atoms with E-state index in [0.717, 1.165) is 35.7 Å². The van der Waals surface area contributed by atoms with Gasteiger partial charge in [-0.3, -0.25) is 9.59 Å². The molecule has 1 amide bonds. The summed E-state index contributed by atoms with van der Waals surface area (Å²) in [7, 11) is 0. The Morgan fingerprint density at radius 2 is 1.81 bits per heavy atom. The molecule has 1 saturated heterocycles. The minimum absolute atomic E-state index is 0.235. The zero-order valence-corrected chi connectivity index (χ0v) is 16.3. The molecule has 0 bridgehead atoms. The lowest BCUT2D eigenvalue weighted by atomic mass is 9.91. The summed E-state index contributed by atoms with van der Waals surface area (Å²) >= 11 is 0. The zero-order chi connectivity index (χ0) is 19.6. The normalized spacial score (nSPS) is 17.6. The Balaban J connectivity index is 1.94. The topological polar surface area (TPSA) is 88.4 Å². The summed E-state index contributed by atoms with van der Waals surface area (Å²) in [5, 5.41) is 0.921. The largest absolute Gasteiger partial charge is 0.459 e. The van der Waals surface area contributed by atoms with Gasteiger partial charge >= 0.3 is 5.97 Å². The van der Waals surface area contributed by atoms with Crippen molar-refractivity contribution in [2.75, 3.05) is 13.1 Å². The molecule has 146 valence electrons. The first-order valence-corrected chi connectivity index (χ1v) is 9.61. The van der Waals surface area contributed by atoms with Crippen molar-refractivity contribution in [2.24, 2.45) is 11.7 Å². The number of hydrogen-bond acceptors (Lipinski definition) is 4. The van der Waals surface area contributed by atoms with Crippen LogP contribution in [-0.4, -0.2) is 40.5 Å². The Hall–Kier alpha value is -2.34. The molecule has 6 heteroatoms. The Morgan fingerprint density at radius 3 is 2.48 bits per heavy atom. The maximum Gasteiger partial charge on any atom is 0.320 e. The van der Waals surface area contributed by atoms with Gasteiger partial charge in [0.15, 0.2) is 5.92 Å². The fraction of sp³-hybridized carbons (Fsp3) is 0.524. The standard InChI is InChI=1S/C21H29N3O3/c1-21(2,3)27-20(26)17(19(25)24-11-7-4-8-12-24)18(22)15-13-23-16-10-6-5-9-14(15)16/h5-6,9-10,13,17-18,23H,4,7-8,11-12,22H2,1-3H3. The summed E-state index contributed by atoms with van der Waals surface area (Å²) in [5.74, 6) is -1.85. The number of benzene rings is 1. The second-order valence-electron chi connectivity index (χ2n) is 8.21. The first kappa shape index (κ1) is 19.4. The van der Waals surface area contributed by atoms with Crippen molar-refractivity contribution < 1.29 is 14.3 Å². The molecule has 6 nitrogen and oxygen atoms in total. The van der Waals surface area contributed by atoms with E-state index in [0.29, 0.717) is 13.1 Å². The SMILES string of the molecule is CC(C)(C)OC(=O)C(C(=O)N1CCCCC1)C(N)c1c[nH]c2ccccc12. The predicted molar refractivity (Wildman–Crippen MR) is 105 cm³/mol.